The Morgan fingerprint density at radius 3 is 2.53 bits per heavy atom. The van der Waals surface area contributed by atoms with Gasteiger partial charge in [-0.05, 0) is 42.7 Å². The van der Waals surface area contributed by atoms with E-state index in [1.165, 1.54) is 0 Å². The molecule has 0 aliphatic carbocycles. The quantitative estimate of drug-likeness (QED) is 0.648. The van der Waals surface area contributed by atoms with Gasteiger partial charge in [-0.15, -0.1) is 0 Å². The number of pyridine rings is 2. The van der Waals surface area contributed by atoms with Crippen LogP contribution in [0.15, 0.2) is 60.9 Å². The second kappa shape index (κ2) is 9.60. The number of ether oxygens (including phenoxy) is 1. The lowest BCUT2D eigenvalue weighted by Gasteiger charge is -2.24. The van der Waals surface area contributed by atoms with Gasteiger partial charge in [0.1, 0.15) is 11.4 Å². The average molecular weight is 431 g/mol. The highest BCUT2D eigenvalue weighted by Crippen LogP contribution is 2.32. The number of amides is 2. The smallest absolute Gasteiger partial charge is 0.269 e. The first-order chi connectivity index (χ1) is 15.6. The lowest BCUT2D eigenvalue weighted by Crippen LogP contribution is -2.32. The van der Waals surface area contributed by atoms with Gasteiger partial charge in [-0.1, -0.05) is 24.3 Å². The van der Waals surface area contributed by atoms with Gasteiger partial charge in [-0.25, -0.2) is 0 Å². The molecule has 0 saturated carbocycles. The Morgan fingerprint density at radius 2 is 1.88 bits per heavy atom. The van der Waals surface area contributed by atoms with Gasteiger partial charge >= 0.3 is 0 Å². The van der Waals surface area contributed by atoms with E-state index >= 15 is 0 Å². The lowest BCUT2D eigenvalue weighted by molar-refractivity contribution is -0.131. The molecule has 0 unspecified atom stereocenters. The first-order valence-electron chi connectivity index (χ1n) is 10.7. The van der Waals surface area contributed by atoms with E-state index in [1.807, 2.05) is 47.4 Å². The molecule has 164 valence electrons. The zero-order valence-electron chi connectivity index (χ0n) is 18.2. The third kappa shape index (κ3) is 4.61. The summed E-state index contributed by atoms with van der Waals surface area (Å²) in [5.74, 6) is 0.633. The van der Waals surface area contributed by atoms with Crippen molar-refractivity contribution < 1.29 is 14.3 Å². The number of rotatable bonds is 6. The van der Waals surface area contributed by atoms with Crippen molar-refractivity contribution in [3.63, 3.8) is 0 Å². The number of likely N-dealkylation sites (tertiary alicyclic amines) is 1. The largest absolute Gasteiger partial charge is 0.497 e. The minimum atomic E-state index is -0.218. The van der Waals surface area contributed by atoms with Gasteiger partial charge in [-0.3, -0.25) is 19.6 Å². The molecule has 2 aromatic heterocycles. The third-order valence-corrected chi connectivity index (χ3v) is 5.75. The molecule has 1 aromatic carbocycles. The van der Waals surface area contributed by atoms with Crippen LogP contribution in [-0.2, 0) is 11.2 Å². The van der Waals surface area contributed by atoms with Crippen LogP contribution in [-0.4, -0.2) is 47.4 Å². The van der Waals surface area contributed by atoms with Gasteiger partial charge in [0, 0.05) is 37.1 Å². The van der Waals surface area contributed by atoms with Crippen LogP contribution in [0.2, 0.25) is 0 Å². The first kappa shape index (κ1) is 21.5. The maximum atomic E-state index is 13.0. The fraction of sp³-hybridized carbons (Fsp3) is 0.280. The van der Waals surface area contributed by atoms with Crippen LogP contribution >= 0.6 is 0 Å². The minimum absolute atomic E-state index is 0.0177. The summed E-state index contributed by atoms with van der Waals surface area (Å²) in [5, 5.41) is 2.56. The van der Waals surface area contributed by atoms with E-state index in [0.717, 1.165) is 47.5 Å². The van der Waals surface area contributed by atoms with Gasteiger partial charge in [-0.2, -0.15) is 0 Å². The summed E-state index contributed by atoms with van der Waals surface area (Å²) in [7, 11) is 3.20. The summed E-state index contributed by atoms with van der Waals surface area (Å²) in [6.45, 7) is 0.738. The Balaban J connectivity index is 1.46. The predicted octanol–water partition coefficient (Wildman–Crippen LogP) is 3.42. The summed E-state index contributed by atoms with van der Waals surface area (Å²) >= 11 is 0. The van der Waals surface area contributed by atoms with Gasteiger partial charge < -0.3 is 15.0 Å². The Labute approximate surface area is 187 Å². The number of benzene rings is 1. The SMILES string of the molecule is CNC(=O)c1ccc(-c2ccc([C@H]3CCCN3C(=O)Cc3cccc(OC)c3)nc2)cn1. The van der Waals surface area contributed by atoms with Crippen LogP contribution in [0.25, 0.3) is 11.1 Å². The standard InChI is InChI=1S/C25H26N4O3/c1-26-25(31)22-11-9-19(16-28-22)18-8-10-21(27-15-18)23-7-4-12-29(23)24(30)14-17-5-3-6-20(13-17)32-2/h3,5-6,8-11,13,15-16,23H,4,7,12,14H2,1-2H3,(H,26,31)/t23-/m1/s1. The number of carbonyl (C=O) groups is 2. The van der Waals surface area contributed by atoms with Crippen molar-refractivity contribution in [3.8, 4) is 16.9 Å². The number of nitrogens with one attached hydrogen (secondary N) is 1. The van der Waals surface area contributed by atoms with Crippen molar-refractivity contribution in [2.75, 3.05) is 20.7 Å². The van der Waals surface area contributed by atoms with Crippen molar-refractivity contribution in [3.05, 3.63) is 77.9 Å². The molecule has 0 radical (unpaired) electrons. The molecule has 1 N–H and O–H groups in total. The Kier molecular flexibility index (Phi) is 6.44. The fourth-order valence-corrected chi connectivity index (χ4v) is 4.03. The van der Waals surface area contributed by atoms with Crippen LogP contribution < -0.4 is 10.1 Å². The Morgan fingerprint density at radius 1 is 1.09 bits per heavy atom. The topological polar surface area (TPSA) is 84.4 Å². The van der Waals surface area contributed by atoms with Crippen molar-refractivity contribution in [2.24, 2.45) is 0 Å². The van der Waals surface area contributed by atoms with Crippen LogP contribution in [0.1, 0.15) is 40.6 Å². The van der Waals surface area contributed by atoms with E-state index < -0.39 is 0 Å². The second-order valence-electron chi connectivity index (χ2n) is 7.76. The van der Waals surface area contributed by atoms with Crippen LogP contribution in [0.3, 0.4) is 0 Å². The number of aromatic nitrogens is 2. The maximum absolute atomic E-state index is 13.0. The van der Waals surface area contributed by atoms with Gasteiger partial charge in [0.2, 0.25) is 5.91 Å². The second-order valence-corrected chi connectivity index (χ2v) is 7.76. The molecule has 7 heteroatoms. The van der Waals surface area contributed by atoms with E-state index in [9.17, 15) is 9.59 Å². The highest BCUT2D eigenvalue weighted by molar-refractivity contribution is 5.92. The third-order valence-electron chi connectivity index (χ3n) is 5.75. The van der Waals surface area contributed by atoms with Crippen molar-refractivity contribution in [1.29, 1.82) is 0 Å². The normalized spacial score (nSPS) is 15.4. The molecule has 1 aliphatic rings. The fourth-order valence-electron chi connectivity index (χ4n) is 4.03. The van der Waals surface area contributed by atoms with Crippen molar-refractivity contribution >= 4 is 11.8 Å². The summed E-state index contributed by atoms with van der Waals surface area (Å²) < 4.78 is 5.26. The monoisotopic (exact) mass is 430 g/mol. The van der Waals surface area contributed by atoms with Gasteiger partial charge in [0.15, 0.2) is 0 Å². The number of methoxy groups -OCH3 is 1. The zero-order valence-corrected chi connectivity index (χ0v) is 18.2. The lowest BCUT2D eigenvalue weighted by atomic mass is 10.1. The average Bonchev–Trinajstić information content (AvgIpc) is 3.34. The molecule has 1 atom stereocenters. The zero-order chi connectivity index (χ0) is 22.5. The molecule has 4 rings (SSSR count). The van der Waals surface area contributed by atoms with Gasteiger partial charge in [0.05, 0.1) is 25.3 Å². The highest BCUT2D eigenvalue weighted by Gasteiger charge is 2.30. The number of hydrogen-bond donors (Lipinski definition) is 1. The molecule has 1 saturated heterocycles. The molecular weight excluding hydrogens is 404 g/mol. The number of nitrogens with zero attached hydrogens (tertiary/aromatic N) is 3. The Hall–Kier alpha value is -3.74. The van der Waals surface area contributed by atoms with E-state index in [2.05, 4.69) is 15.3 Å². The molecule has 1 fully saturated rings. The summed E-state index contributed by atoms with van der Waals surface area (Å²) in [5.41, 5.74) is 4.00. The maximum Gasteiger partial charge on any atom is 0.269 e. The van der Waals surface area contributed by atoms with Crippen LogP contribution in [0.4, 0.5) is 0 Å². The molecule has 0 bridgehead atoms. The van der Waals surface area contributed by atoms with Crippen molar-refractivity contribution in [1.82, 2.24) is 20.2 Å². The van der Waals surface area contributed by atoms with E-state index in [0.29, 0.717) is 12.1 Å². The summed E-state index contributed by atoms with van der Waals surface area (Å²) in [4.78, 5) is 35.5. The Bertz CT molecular complexity index is 1100. The van der Waals surface area contributed by atoms with Crippen LogP contribution in [0, 0.1) is 0 Å². The molecule has 32 heavy (non-hydrogen) atoms. The predicted molar refractivity (Wildman–Crippen MR) is 121 cm³/mol. The number of carbonyl (C=O) groups excluding carboxylic acids is 2. The van der Waals surface area contributed by atoms with E-state index in [4.69, 9.17) is 4.74 Å². The van der Waals surface area contributed by atoms with Crippen molar-refractivity contribution in [2.45, 2.75) is 25.3 Å². The molecule has 0 spiro atoms. The molecular formula is C25H26N4O3. The molecule has 3 heterocycles. The highest BCUT2D eigenvalue weighted by atomic mass is 16.5. The number of hydrogen-bond acceptors (Lipinski definition) is 5. The first-order valence-corrected chi connectivity index (χ1v) is 10.7. The summed E-state index contributed by atoms with van der Waals surface area (Å²) in [6.07, 6.45) is 5.67. The molecule has 3 aromatic rings. The minimum Gasteiger partial charge on any atom is -0.497 e. The van der Waals surface area contributed by atoms with E-state index in [1.54, 1.807) is 32.6 Å². The van der Waals surface area contributed by atoms with Gasteiger partial charge in [0.25, 0.3) is 5.91 Å². The van der Waals surface area contributed by atoms with E-state index in [-0.39, 0.29) is 17.9 Å². The summed E-state index contributed by atoms with van der Waals surface area (Å²) in [6, 6.07) is 15.1. The van der Waals surface area contributed by atoms with Crippen LogP contribution in [0.5, 0.6) is 5.75 Å². The molecule has 7 nitrogen and oxygen atoms in total. The molecule has 1 aliphatic heterocycles. The molecule has 2 amide bonds.